The van der Waals surface area contributed by atoms with E-state index in [9.17, 15) is 13.2 Å². The van der Waals surface area contributed by atoms with Crippen LogP contribution in [0.5, 0.6) is 0 Å². The van der Waals surface area contributed by atoms with Crippen LogP contribution in [-0.2, 0) is 14.6 Å². The summed E-state index contributed by atoms with van der Waals surface area (Å²) < 4.78 is 21.1. The van der Waals surface area contributed by atoms with E-state index in [1.54, 1.807) is 0 Å². The standard InChI is InChI=1S/C5H12N2O3S/c1-11(9,10)4-2-3-5(8)7-6/h2-4,6H2,1H3,(H,7,8). The monoisotopic (exact) mass is 180 g/mol. The number of carbonyl (C=O) groups is 1. The molecule has 0 unspecified atom stereocenters. The molecule has 0 heterocycles. The Morgan fingerprint density at radius 2 is 2.09 bits per heavy atom. The lowest BCUT2D eigenvalue weighted by Crippen LogP contribution is -2.30. The Morgan fingerprint density at radius 1 is 1.55 bits per heavy atom. The van der Waals surface area contributed by atoms with Crippen molar-refractivity contribution in [1.82, 2.24) is 5.43 Å². The predicted octanol–water partition coefficient (Wildman–Crippen LogP) is -1.20. The van der Waals surface area contributed by atoms with Gasteiger partial charge in [0.15, 0.2) is 0 Å². The fraction of sp³-hybridized carbons (Fsp3) is 0.800. The van der Waals surface area contributed by atoms with E-state index in [2.05, 4.69) is 0 Å². The lowest BCUT2D eigenvalue weighted by Gasteiger charge is -1.97. The van der Waals surface area contributed by atoms with E-state index >= 15 is 0 Å². The van der Waals surface area contributed by atoms with E-state index in [1.807, 2.05) is 5.43 Å². The Balaban J connectivity index is 3.51. The lowest BCUT2D eigenvalue weighted by molar-refractivity contribution is -0.121. The van der Waals surface area contributed by atoms with Gasteiger partial charge in [-0.2, -0.15) is 0 Å². The molecule has 0 aliphatic rings. The highest BCUT2D eigenvalue weighted by Crippen LogP contribution is 1.93. The molecule has 0 saturated carbocycles. The van der Waals surface area contributed by atoms with E-state index in [-0.39, 0.29) is 18.1 Å². The molecule has 0 aromatic rings. The third kappa shape index (κ3) is 7.27. The van der Waals surface area contributed by atoms with Crippen molar-refractivity contribution >= 4 is 15.7 Å². The van der Waals surface area contributed by atoms with Crippen LogP contribution >= 0.6 is 0 Å². The molecule has 0 radical (unpaired) electrons. The normalized spacial score (nSPS) is 11.1. The maximum Gasteiger partial charge on any atom is 0.233 e. The van der Waals surface area contributed by atoms with Crippen LogP contribution in [0.3, 0.4) is 0 Å². The third-order valence-corrected chi connectivity index (χ3v) is 2.11. The minimum Gasteiger partial charge on any atom is -0.294 e. The molecule has 0 aliphatic carbocycles. The fourth-order valence-electron chi connectivity index (χ4n) is 0.567. The highest BCUT2D eigenvalue weighted by molar-refractivity contribution is 7.90. The van der Waals surface area contributed by atoms with Crippen LogP contribution in [0.1, 0.15) is 12.8 Å². The number of sulfone groups is 1. The van der Waals surface area contributed by atoms with Crippen LogP contribution in [0.4, 0.5) is 0 Å². The second-order valence-corrected chi connectivity index (χ2v) is 4.56. The number of amides is 1. The van der Waals surface area contributed by atoms with Gasteiger partial charge in [-0.3, -0.25) is 10.2 Å². The Labute approximate surface area is 65.8 Å². The van der Waals surface area contributed by atoms with Crippen molar-refractivity contribution < 1.29 is 13.2 Å². The summed E-state index contributed by atoms with van der Waals surface area (Å²) in [6, 6.07) is 0. The summed E-state index contributed by atoms with van der Waals surface area (Å²) >= 11 is 0. The zero-order valence-corrected chi connectivity index (χ0v) is 7.15. The van der Waals surface area contributed by atoms with E-state index in [0.29, 0.717) is 6.42 Å². The zero-order chi connectivity index (χ0) is 8.91. The predicted molar refractivity (Wildman–Crippen MR) is 41.3 cm³/mol. The summed E-state index contributed by atoms with van der Waals surface area (Å²) in [5, 5.41) is 0. The molecule has 6 heteroatoms. The van der Waals surface area contributed by atoms with Crippen LogP contribution in [0.25, 0.3) is 0 Å². The molecule has 0 rings (SSSR count). The molecule has 1 amide bonds. The first-order valence-electron chi connectivity index (χ1n) is 3.13. The largest absolute Gasteiger partial charge is 0.294 e. The van der Waals surface area contributed by atoms with Gasteiger partial charge in [0.25, 0.3) is 0 Å². The summed E-state index contributed by atoms with van der Waals surface area (Å²) in [7, 11) is -2.95. The average Bonchev–Trinajstić information content (AvgIpc) is 1.85. The van der Waals surface area contributed by atoms with Gasteiger partial charge in [0.2, 0.25) is 5.91 Å². The first-order valence-corrected chi connectivity index (χ1v) is 5.19. The van der Waals surface area contributed by atoms with Crippen molar-refractivity contribution in [3.63, 3.8) is 0 Å². The Hall–Kier alpha value is -0.620. The average molecular weight is 180 g/mol. The van der Waals surface area contributed by atoms with Crippen molar-refractivity contribution in [2.75, 3.05) is 12.0 Å². The highest BCUT2D eigenvalue weighted by atomic mass is 32.2. The number of hydrogen-bond donors (Lipinski definition) is 2. The molecule has 0 aromatic heterocycles. The number of carbonyl (C=O) groups excluding carboxylic acids is 1. The van der Waals surface area contributed by atoms with E-state index < -0.39 is 9.84 Å². The summed E-state index contributed by atoms with van der Waals surface area (Å²) in [5.41, 5.74) is 1.92. The molecule has 11 heavy (non-hydrogen) atoms. The maximum atomic E-state index is 10.5. The molecule has 0 saturated heterocycles. The van der Waals surface area contributed by atoms with Gasteiger partial charge in [-0.1, -0.05) is 0 Å². The maximum absolute atomic E-state index is 10.5. The molecule has 66 valence electrons. The third-order valence-electron chi connectivity index (χ3n) is 1.08. The van der Waals surface area contributed by atoms with Crippen LogP contribution in [0.2, 0.25) is 0 Å². The van der Waals surface area contributed by atoms with Crippen LogP contribution in [0.15, 0.2) is 0 Å². The Kier molecular flexibility index (Phi) is 4.06. The van der Waals surface area contributed by atoms with Crippen molar-refractivity contribution in [3.05, 3.63) is 0 Å². The van der Waals surface area contributed by atoms with Gasteiger partial charge in [0.1, 0.15) is 9.84 Å². The number of nitrogens with two attached hydrogens (primary N) is 1. The summed E-state index contributed by atoms with van der Waals surface area (Å²) in [6.07, 6.45) is 1.61. The number of nitrogens with one attached hydrogen (secondary N) is 1. The van der Waals surface area contributed by atoms with Gasteiger partial charge in [-0.25, -0.2) is 14.3 Å². The second-order valence-electron chi connectivity index (χ2n) is 2.30. The first-order chi connectivity index (χ1) is 4.95. The number of hydrazine groups is 1. The van der Waals surface area contributed by atoms with Crippen LogP contribution in [0, 0.1) is 0 Å². The van der Waals surface area contributed by atoms with Gasteiger partial charge >= 0.3 is 0 Å². The molecular formula is C5H12N2O3S. The number of rotatable bonds is 4. The van der Waals surface area contributed by atoms with Gasteiger partial charge in [0.05, 0.1) is 5.75 Å². The summed E-state index contributed by atoms with van der Waals surface area (Å²) in [4.78, 5) is 10.5. The van der Waals surface area contributed by atoms with Gasteiger partial charge in [-0.15, -0.1) is 0 Å². The summed E-state index contributed by atoms with van der Waals surface area (Å²) in [6.45, 7) is 0. The number of hydrogen-bond acceptors (Lipinski definition) is 4. The Morgan fingerprint density at radius 3 is 2.45 bits per heavy atom. The lowest BCUT2D eigenvalue weighted by atomic mass is 10.3. The summed E-state index contributed by atoms with van der Waals surface area (Å²) in [5.74, 6) is 4.46. The van der Waals surface area contributed by atoms with Crippen molar-refractivity contribution in [2.24, 2.45) is 5.84 Å². The molecule has 3 N–H and O–H groups in total. The smallest absolute Gasteiger partial charge is 0.233 e. The minimum atomic E-state index is -2.95. The van der Waals surface area contributed by atoms with Crippen molar-refractivity contribution in [1.29, 1.82) is 0 Å². The molecule has 0 bridgehead atoms. The molecule has 0 aliphatic heterocycles. The van der Waals surface area contributed by atoms with E-state index in [4.69, 9.17) is 5.84 Å². The molecule has 0 aromatic carbocycles. The SMILES string of the molecule is CS(=O)(=O)CCCC(=O)NN. The first kappa shape index (κ1) is 10.4. The molecule has 0 atom stereocenters. The topological polar surface area (TPSA) is 89.3 Å². The highest BCUT2D eigenvalue weighted by Gasteiger charge is 2.03. The molecule has 0 fully saturated rings. The molecule has 5 nitrogen and oxygen atoms in total. The quantitative estimate of drug-likeness (QED) is 0.323. The van der Waals surface area contributed by atoms with Gasteiger partial charge < -0.3 is 0 Å². The minimum absolute atomic E-state index is 0.0282. The van der Waals surface area contributed by atoms with E-state index in [0.717, 1.165) is 6.26 Å². The molecular weight excluding hydrogens is 168 g/mol. The van der Waals surface area contributed by atoms with Crippen LogP contribution in [-0.4, -0.2) is 26.3 Å². The second kappa shape index (κ2) is 4.30. The van der Waals surface area contributed by atoms with Crippen molar-refractivity contribution in [3.8, 4) is 0 Å². The molecule has 0 spiro atoms. The fourth-order valence-corrected chi connectivity index (χ4v) is 1.24. The van der Waals surface area contributed by atoms with E-state index in [1.165, 1.54) is 0 Å². The van der Waals surface area contributed by atoms with Crippen molar-refractivity contribution in [2.45, 2.75) is 12.8 Å². The van der Waals surface area contributed by atoms with Gasteiger partial charge in [-0.05, 0) is 6.42 Å². The Bertz CT molecular complexity index is 222. The van der Waals surface area contributed by atoms with Crippen LogP contribution < -0.4 is 11.3 Å². The zero-order valence-electron chi connectivity index (χ0n) is 6.33. The van der Waals surface area contributed by atoms with Gasteiger partial charge in [0, 0.05) is 12.7 Å².